The number of aliphatic hydroxyl groups excluding tert-OH is 1. The van der Waals surface area contributed by atoms with E-state index in [4.69, 9.17) is 0 Å². The van der Waals surface area contributed by atoms with E-state index in [2.05, 4.69) is 16.0 Å². The van der Waals surface area contributed by atoms with Crippen molar-refractivity contribution in [2.24, 2.45) is 5.92 Å². The number of nitrogens with zero attached hydrogens (tertiary/aromatic N) is 2. The van der Waals surface area contributed by atoms with Gasteiger partial charge in [-0.15, -0.1) is 0 Å². The number of nitrogens with one attached hydrogen (secondary N) is 3. The van der Waals surface area contributed by atoms with E-state index in [-0.39, 0.29) is 41.2 Å². The van der Waals surface area contributed by atoms with Crippen molar-refractivity contribution in [2.45, 2.75) is 58.3 Å². The second-order valence-corrected chi connectivity index (χ2v) is 14.7. The lowest BCUT2D eigenvalue weighted by Gasteiger charge is -2.29. The summed E-state index contributed by atoms with van der Waals surface area (Å²) < 4.78 is 25.9. The van der Waals surface area contributed by atoms with E-state index < -0.39 is 40.0 Å². The van der Waals surface area contributed by atoms with Crippen LogP contribution in [0.1, 0.15) is 65.6 Å². The van der Waals surface area contributed by atoms with E-state index in [1.807, 2.05) is 81.4 Å². The number of rotatable bonds is 16. The van der Waals surface area contributed by atoms with Crippen LogP contribution >= 0.6 is 0 Å². The summed E-state index contributed by atoms with van der Waals surface area (Å²) in [7, 11) is -0.674. The van der Waals surface area contributed by atoms with Crippen LogP contribution < -0.4 is 20.3 Å². The van der Waals surface area contributed by atoms with Gasteiger partial charge < -0.3 is 26.0 Å². The molecule has 0 aliphatic heterocycles. The monoisotopic (exact) mass is 679 g/mol. The summed E-state index contributed by atoms with van der Waals surface area (Å²) in [6, 6.07) is 21.4. The topological polar surface area (TPSA) is 148 Å². The van der Waals surface area contributed by atoms with E-state index in [0.717, 1.165) is 21.7 Å². The Bertz CT molecular complexity index is 1630. The number of hydrogen-bond donors (Lipinski definition) is 4. The van der Waals surface area contributed by atoms with Gasteiger partial charge in [-0.25, -0.2) is 8.42 Å². The van der Waals surface area contributed by atoms with Crippen LogP contribution in [0.3, 0.4) is 0 Å². The highest BCUT2D eigenvalue weighted by atomic mass is 32.2. The Morgan fingerprint density at radius 2 is 1.35 bits per heavy atom. The van der Waals surface area contributed by atoms with Gasteiger partial charge in [0.05, 0.1) is 24.1 Å². The summed E-state index contributed by atoms with van der Waals surface area (Å²) in [6.07, 6.45) is 0.437. The zero-order chi connectivity index (χ0) is 35.6. The number of sulfonamides is 1. The molecule has 4 atom stereocenters. The molecule has 0 heterocycles. The van der Waals surface area contributed by atoms with Crippen LogP contribution in [0.2, 0.25) is 0 Å². The van der Waals surface area contributed by atoms with Gasteiger partial charge in [-0.05, 0) is 55.5 Å². The second-order valence-electron chi connectivity index (χ2n) is 12.7. The largest absolute Gasteiger partial charge is 0.391 e. The van der Waals surface area contributed by atoms with Crippen molar-refractivity contribution in [3.63, 3.8) is 0 Å². The fraction of sp³-hybridized carbons (Fsp3) is 0.417. The molecule has 3 rings (SSSR count). The van der Waals surface area contributed by atoms with E-state index in [1.165, 1.54) is 25.2 Å². The van der Waals surface area contributed by atoms with Gasteiger partial charge in [0.1, 0.15) is 6.04 Å². The molecule has 3 aromatic rings. The van der Waals surface area contributed by atoms with Gasteiger partial charge in [-0.1, -0.05) is 74.5 Å². The summed E-state index contributed by atoms with van der Waals surface area (Å²) in [5, 5.41) is 19.6. The second kappa shape index (κ2) is 17.2. The lowest BCUT2D eigenvalue weighted by Crippen LogP contribution is -2.55. The lowest BCUT2D eigenvalue weighted by molar-refractivity contribution is -0.135. The number of aliphatic hydroxyl groups is 1. The molecule has 0 aliphatic carbocycles. The summed E-state index contributed by atoms with van der Waals surface area (Å²) in [5.74, 6) is -1.04. The van der Waals surface area contributed by atoms with Crippen LogP contribution in [0.5, 0.6) is 0 Å². The molecule has 48 heavy (non-hydrogen) atoms. The van der Waals surface area contributed by atoms with Gasteiger partial charge in [0, 0.05) is 44.4 Å². The van der Waals surface area contributed by atoms with Crippen LogP contribution in [0.15, 0.2) is 78.9 Å². The maximum Gasteiger partial charge on any atom is 0.251 e. The first-order valence-corrected chi connectivity index (χ1v) is 17.9. The standard InChI is InChI=1S/C36H49N5O6S/c1-24(2)23-40(5)36(45)33(26(4)42)37-22-31(18-27-14-10-8-11-15-27)39-35(44)30-19-29(20-32(21-30)41(6)48(7,46)47)34(43)38-25(3)28-16-12-9-13-17-28/h8-17,19-21,24-26,31,33,37,42H,18,22-23H2,1-7H3,(H,38,43)(H,39,44)/t25-,26+,31+,33+/m1/s1. The average Bonchev–Trinajstić information content (AvgIpc) is 3.03. The van der Waals surface area contributed by atoms with Gasteiger partial charge in [-0.2, -0.15) is 0 Å². The third-order valence-corrected chi connectivity index (χ3v) is 9.16. The molecule has 0 bridgehead atoms. The molecular weight excluding hydrogens is 630 g/mol. The Labute approximate surface area is 284 Å². The van der Waals surface area contributed by atoms with Crippen molar-refractivity contribution >= 4 is 33.4 Å². The molecule has 0 fully saturated rings. The molecule has 3 amide bonds. The third-order valence-electron chi connectivity index (χ3n) is 7.96. The van der Waals surface area contributed by atoms with E-state index in [1.54, 1.807) is 18.9 Å². The number of amides is 3. The molecule has 260 valence electrons. The third kappa shape index (κ3) is 11.2. The van der Waals surface area contributed by atoms with Gasteiger partial charge in [0.25, 0.3) is 11.8 Å². The number of anilines is 1. The lowest BCUT2D eigenvalue weighted by atomic mass is 10.0. The number of carbonyl (C=O) groups excluding carboxylic acids is 3. The number of benzene rings is 3. The van der Waals surface area contributed by atoms with Gasteiger partial charge >= 0.3 is 0 Å². The van der Waals surface area contributed by atoms with Gasteiger partial charge in [0.15, 0.2) is 0 Å². The minimum atomic E-state index is -3.72. The first kappa shape index (κ1) is 38.2. The highest BCUT2D eigenvalue weighted by molar-refractivity contribution is 7.92. The van der Waals surface area contributed by atoms with Gasteiger partial charge in [-0.3, -0.25) is 18.7 Å². The fourth-order valence-corrected chi connectivity index (χ4v) is 5.79. The average molecular weight is 680 g/mol. The normalized spacial score (nSPS) is 14.0. The molecule has 0 saturated carbocycles. The number of likely N-dealkylation sites (N-methyl/N-ethyl adjacent to an activating group) is 1. The van der Waals surface area contributed by atoms with Crippen LogP contribution in [0.25, 0.3) is 0 Å². The molecule has 0 aromatic heterocycles. The first-order chi connectivity index (χ1) is 22.6. The van der Waals surface area contributed by atoms with Crippen molar-refractivity contribution in [1.82, 2.24) is 20.9 Å². The molecule has 0 aliphatic rings. The SMILES string of the molecule is CC(C)CN(C)C(=O)[C@@H](NC[C@H](Cc1ccccc1)NC(=O)c1cc(C(=O)N[C@H](C)c2ccccc2)cc(N(C)S(C)(=O)=O)c1)[C@H](C)O. The van der Waals surface area contributed by atoms with Crippen molar-refractivity contribution in [2.75, 3.05) is 37.7 Å². The molecule has 3 aromatic carbocycles. The van der Waals surface area contributed by atoms with Crippen molar-refractivity contribution in [3.05, 3.63) is 101 Å². The summed E-state index contributed by atoms with van der Waals surface area (Å²) >= 11 is 0. The molecule has 4 N–H and O–H groups in total. The van der Waals surface area contributed by atoms with Crippen molar-refractivity contribution < 1.29 is 27.9 Å². The molecule has 12 heteroatoms. The van der Waals surface area contributed by atoms with Crippen molar-refractivity contribution in [1.29, 1.82) is 0 Å². The smallest absolute Gasteiger partial charge is 0.251 e. The van der Waals surface area contributed by atoms with E-state index in [0.29, 0.717) is 13.0 Å². The van der Waals surface area contributed by atoms with Crippen LogP contribution in [0, 0.1) is 5.92 Å². The predicted octanol–water partition coefficient (Wildman–Crippen LogP) is 3.37. The fourth-order valence-electron chi connectivity index (χ4n) is 5.30. The Balaban J connectivity index is 1.92. The Kier molecular flexibility index (Phi) is 13.7. The first-order valence-electron chi connectivity index (χ1n) is 16.0. The maximum atomic E-state index is 13.9. The zero-order valence-electron chi connectivity index (χ0n) is 28.8. The van der Waals surface area contributed by atoms with Crippen LogP contribution in [-0.2, 0) is 21.2 Å². The predicted molar refractivity (Wildman–Crippen MR) is 189 cm³/mol. The summed E-state index contributed by atoms with van der Waals surface area (Å²) in [6.45, 7) is 8.04. The molecule has 0 radical (unpaired) electrons. The molecule has 0 unspecified atom stereocenters. The quantitative estimate of drug-likeness (QED) is 0.182. The van der Waals surface area contributed by atoms with Crippen molar-refractivity contribution in [3.8, 4) is 0 Å². The molecule has 0 spiro atoms. The Morgan fingerprint density at radius 1 is 0.812 bits per heavy atom. The van der Waals surface area contributed by atoms with Crippen LogP contribution in [-0.4, -0.2) is 87.8 Å². The highest BCUT2D eigenvalue weighted by Crippen LogP contribution is 2.22. The molecular formula is C36H49N5O6S. The molecule has 0 saturated heterocycles. The number of carbonyl (C=O) groups is 3. The van der Waals surface area contributed by atoms with E-state index >= 15 is 0 Å². The maximum absolute atomic E-state index is 13.9. The number of hydrogen-bond acceptors (Lipinski definition) is 7. The highest BCUT2D eigenvalue weighted by Gasteiger charge is 2.28. The Morgan fingerprint density at radius 3 is 1.88 bits per heavy atom. The zero-order valence-corrected chi connectivity index (χ0v) is 29.6. The summed E-state index contributed by atoms with van der Waals surface area (Å²) in [4.78, 5) is 42.1. The minimum Gasteiger partial charge on any atom is -0.391 e. The molecule has 11 nitrogen and oxygen atoms in total. The minimum absolute atomic E-state index is 0.0818. The Hall–Kier alpha value is -4.26. The summed E-state index contributed by atoms with van der Waals surface area (Å²) in [5.41, 5.74) is 2.16. The van der Waals surface area contributed by atoms with Crippen LogP contribution in [0.4, 0.5) is 5.69 Å². The van der Waals surface area contributed by atoms with E-state index in [9.17, 15) is 27.9 Å². The van der Waals surface area contributed by atoms with Gasteiger partial charge in [0.2, 0.25) is 15.9 Å².